The van der Waals surface area contributed by atoms with E-state index in [4.69, 9.17) is 0 Å². The molecule has 2 rings (SSSR count). The molecule has 2 nitrogen and oxygen atoms in total. The van der Waals surface area contributed by atoms with Gasteiger partial charge in [0.2, 0.25) is 0 Å². The van der Waals surface area contributed by atoms with E-state index >= 15 is 0 Å². The van der Waals surface area contributed by atoms with Gasteiger partial charge in [-0.2, -0.15) is 8.78 Å². The second kappa shape index (κ2) is 4.78. The van der Waals surface area contributed by atoms with Crippen molar-refractivity contribution in [2.45, 2.75) is 19.0 Å². The zero-order valence-electron chi connectivity index (χ0n) is 9.12. The highest BCUT2D eigenvalue weighted by molar-refractivity contribution is 5.32. The number of alkyl halides is 2. The molecule has 4 heteroatoms. The van der Waals surface area contributed by atoms with E-state index in [1.165, 1.54) is 12.0 Å². The normalized spacial score (nSPS) is 23.5. The Morgan fingerprint density at radius 3 is 2.62 bits per heavy atom. The summed E-state index contributed by atoms with van der Waals surface area (Å²) in [6, 6.07) is 6.96. The van der Waals surface area contributed by atoms with Crippen molar-refractivity contribution >= 4 is 0 Å². The van der Waals surface area contributed by atoms with E-state index in [9.17, 15) is 8.78 Å². The Balaban J connectivity index is 1.93. The lowest BCUT2D eigenvalue weighted by Crippen LogP contribution is -2.10. The van der Waals surface area contributed by atoms with Gasteiger partial charge in [-0.3, -0.25) is 0 Å². The molecule has 1 aliphatic rings. The van der Waals surface area contributed by atoms with Crippen LogP contribution in [0.2, 0.25) is 0 Å². The van der Waals surface area contributed by atoms with Gasteiger partial charge in [0.25, 0.3) is 0 Å². The molecule has 2 atom stereocenters. The van der Waals surface area contributed by atoms with Crippen molar-refractivity contribution in [3.05, 3.63) is 29.8 Å². The third-order valence-electron chi connectivity index (χ3n) is 2.92. The third-order valence-corrected chi connectivity index (χ3v) is 2.92. The van der Waals surface area contributed by atoms with Crippen molar-refractivity contribution in [1.82, 2.24) is 5.32 Å². The van der Waals surface area contributed by atoms with Crippen LogP contribution in [0.3, 0.4) is 0 Å². The Labute approximate surface area is 93.6 Å². The lowest BCUT2D eigenvalue weighted by Gasteiger charge is -2.05. The molecule has 1 aliphatic carbocycles. The van der Waals surface area contributed by atoms with Crippen LogP contribution in [-0.2, 0) is 0 Å². The molecule has 0 amide bonds. The van der Waals surface area contributed by atoms with Crippen molar-refractivity contribution in [2.24, 2.45) is 5.92 Å². The van der Waals surface area contributed by atoms with Gasteiger partial charge >= 0.3 is 6.61 Å². The van der Waals surface area contributed by atoms with E-state index in [2.05, 4.69) is 10.1 Å². The Kier molecular flexibility index (Phi) is 3.39. The van der Waals surface area contributed by atoms with Crippen molar-refractivity contribution in [1.29, 1.82) is 0 Å². The maximum atomic E-state index is 11.9. The zero-order chi connectivity index (χ0) is 11.5. The summed E-state index contributed by atoms with van der Waals surface area (Å²) in [5, 5.41) is 3.14. The van der Waals surface area contributed by atoms with Gasteiger partial charge in [-0.15, -0.1) is 0 Å². The van der Waals surface area contributed by atoms with Crippen molar-refractivity contribution in [3.63, 3.8) is 0 Å². The zero-order valence-corrected chi connectivity index (χ0v) is 9.12. The van der Waals surface area contributed by atoms with Gasteiger partial charge in [0.15, 0.2) is 0 Å². The molecule has 1 aromatic carbocycles. The predicted octanol–water partition coefficient (Wildman–Crippen LogP) is 2.61. The number of halogens is 2. The standard InChI is InChI=1S/C12H15F2NO/c1-15-7-9-6-11(9)8-2-4-10(5-3-8)16-12(13)14/h2-5,9,11-12,15H,6-7H2,1H3/t9-,11+/m1/s1. The molecule has 0 aromatic heterocycles. The van der Waals surface area contributed by atoms with E-state index in [0.29, 0.717) is 11.8 Å². The van der Waals surface area contributed by atoms with Crippen molar-refractivity contribution in [3.8, 4) is 5.75 Å². The number of rotatable bonds is 5. The van der Waals surface area contributed by atoms with Gasteiger partial charge in [0.1, 0.15) is 5.75 Å². The second-order valence-corrected chi connectivity index (χ2v) is 4.11. The fourth-order valence-electron chi connectivity index (χ4n) is 2.04. The molecule has 0 aliphatic heterocycles. The van der Waals surface area contributed by atoms with Crippen molar-refractivity contribution < 1.29 is 13.5 Å². The van der Waals surface area contributed by atoms with Gasteiger partial charge in [-0.1, -0.05) is 12.1 Å². The largest absolute Gasteiger partial charge is 0.435 e. The Morgan fingerprint density at radius 1 is 1.38 bits per heavy atom. The summed E-state index contributed by atoms with van der Waals surface area (Å²) >= 11 is 0. The first-order chi connectivity index (χ1) is 7.70. The van der Waals surface area contributed by atoms with Crippen LogP contribution >= 0.6 is 0 Å². The summed E-state index contributed by atoms with van der Waals surface area (Å²) in [6.07, 6.45) is 1.18. The third kappa shape index (κ3) is 2.70. The highest BCUT2D eigenvalue weighted by Crippen LogP contribution is 2.47. The molecule has 0 heterocycles. The van der Waals surface area contributed by atoms with Crippen molar-refractivity contribution in [2.75, 3.05) is 13.6 Å². The van der Waals surface area contributed by atoms with Crippen LogP contribution in [0.25, 0.3) is 0 Å². The van der Waals surface area contributed by atoms with Crippen LogP contribution in [0.15, 0.2) is 24.3 Å². The van der Waals surface area contributed by atoms with E-state index in [1.54, 1.807) is 12.1 Å². The predicted molar refractivity (Wildman–Crippen MR) is 57.8 cm³/mol. The first-order valence-corrected chi connectivity index (χ1v) is 5.40. The topological polar surface area (TPSA) is 21.3 Å². The molecular formula is C12H15F2NO. The first kappa shape index (κ1) is 11.3. The van der Waals surface area contributed by atoms with Gasteiger partial charge in [-0.25, -0.2) is 0 Å². The summed E-state index contributed by atoms with van der Waals surface area (Å²) in [7, 11) is 1.94. The molecule has 0 saturated heterocycles. The Hall–Kier alpha value is -1.16. The van der Waals surface area contributed by atoms with Crippen LogP contribution in [0.5, 0.6) is 5.75 Å². The number of hydrogen-bond acceptors (Lipinski definition) is 2. The number of ether oxygens (including phenoxy) is 1. The molecule has 0 unspecified atom stereocenters. The minimum atomic E-state index is -2.75. The maximum Gasteiger partial charge on any atom is 0.387 e. The fourth-order valence-corrected chi connectivity index (χ4v) is 2.04. The fraction of sp³-hybridized carbons (Fsp3) is 0.500. The smallest absolute Gasteiger partial charge is 0.387 e. The number of benzene rings is 1. The van der Waals surface area contributed by atoms with Gasteiger partial charge < -0.3 is 10.1 Å². The minimum absolute atomic E-state index is 0.226. The average molecular weight is 227 g/mol. The van der Waals surface area contributed by atoms with E-state index in [-0.39, 0.29) is 5.75 Å². The van der Waals surface area contributed by atoms with E-state index in [1.807, 2.05) is 19.2 Å². The molecule has 1 aromatic rings. The lowest BCUT2D eigenvalue weighted by atomic mass is 10.1. The Bertz CT molecular complexity index is 339. The molecule has 1 saturated carbocycles. The average Bonchev–Trinajstić information content (AvgIpc) is 2.98. The number of nitrogens with one attached hydrogen (secondary N) is 1. The molecule has 0 spiro atoms. The molecule has 0 radical (unpaired) electrons. The monoisotopic (exact) mass is 227 g/mol. The molecule has 88 valence electrons. The first-order valence-electron chi connectivity index (χ1n) is 5.40. The summed E-state index contributed by atoms with van der Waals surface area (Å²) in [6.45, 7) is -1.73. The van der Waals surface area contributed by atoms with Crippen LogP contribution in [0.1, 0.15) is 17.9 Å². The Morgan fingerprint density at radius 2 is 2.06 bits per heavy atom. The summed E-state index contributed by atoms with van der Waals surface area (Å²) in [5.74, 6) is 1.49. The van der Waals surface area contributed by atoms with Crippen LogP contribution in [-0.4, -0.2) is 20.2 Å². The molecule has 0 bridgehead atoms. The molecular weight excluding hydrogens is 212 g/mol. The highest BCUT2D eigenvalue weighted by Gasteiger charge is 2.37. The lowest BCUT2D eigenvalue weighted by molar-refractivity contribution is -0.0498. The van der Waals surface area contributed by atoms with E-state index in [0.717, 1.165) is 6.54 Å². The van der Waals surface area contributed by atoms with Crippen LogP contribution in [0.4, 0.5) is 8.78 Å². The highest BCUT2D eigenvalue weighted by atomic mass is 19.3. The quantitative estimate of drug-likeness (QED) is 0.834. The van der Waals surface area contributed by atoms with Gasteiger partial charge in [0, 0.05) is 0 Å². The minimum Gasteiger partial charge on any atom is -0.435 e. The van der Waals surface area contributed by atoms with Crippen LogP contribution in [0, 0.1) is 5.92 Å². The summed E-state index contributed by atoms with van der Waals surface area (Å²) in [5.41, 5.74) is 1.21. The second-order valence-electron chi connectivity index (χ2n) is 4.11. The van der Waals surface area contributed by atoms with Gasteiger partial charge in [-0.05, 0) is 49.5 Å². The molecule has 16 heavy (non-hydrogen) atoms. The summed E-state index contributed by atoms with van der Waals surface area (Å²) in [4.78, 5) is 0. The van der Waals surface area contributed by atoms with Crippen LogP contribution < -0.4 is 10.1 Å². The van der Waals surface area contributed by atoms with Gasteiger partial charge in [0.05, 0.1) is 0 Å². The van der Waals surface area contributed by atoms with E-state index < -0.39 is 6.61 Å². The molecule has 1 N–H and O–H groups in total. The number of hydrogen-bond donors (Lipinski definition) is 1. The molecule has 1 fully saturated rings. The SMILES string of the molecule is CNC[C@H]1C[C@H]1c1ccc(OC(F)F)cc1. The summed E-state index contributed by atoms with van der Waals surface area (Å²) < 4.78 is 28.1. The maximum absolute atomic E-state index is 11.9.